The van der Waals surface area contributed by atoms with Gasteiger partial charge in [-0.15, -0.1) is 0 Å². The Balaban J connectivity index is 2.02. The lowest BCUT2D eigenvalue weighted by molar-refractivity contribution is -0.163. The van der Waals surface area contributed by atoms with Gasteiger partial charge in [-0.2, -0.15) is 0 Å². The molecule has 0 aromatic heterocycles. The van der Waals surface area contributed by atoms with Gasteiger partial charge >= 0.3 is 0 Å². The average molecular weight is 186 g/mol. The summed E-state index contributed by atoms with van der Waals surface area (Å²) in [6.45, 7) is 3.68. The summed E-state index contributed by atoms with van der Waals surface area (Å²) in [7, 11) is 0. The molecule has 13 heavy (non-hydrogen) atoms. The predicted molar refractivity (Wildman–Crippen MR) is 48.6 cm³/mol. The van der Waals surface area contributed by atoms with Gasteiger partial charge in [0.15, 0.2) is 0 Å². The molecule has 2 rings (SSSR count). The summed E-state index contributed by atoms with van der Waals surface area (Å²) in [4.78, 5) is 0. The van der Waals surface area contributed by atoms with Gasteiger partial charge in [-0.3, -0.25) is 0 Å². The first-order valence-electron chi connectivity index (χ1n) is 5.07. The van der Waals surface area contributed by atoms with Crippen molar-refractivity contribution in [3.63, 3.8) is 0 Å². The summed E-state index contributed by atoms with van der Waals surface area (Å²) in [5.74, 6) is 0. The normalized spacial score (nSPS) is 45.7. The number of hydrogen-bond donors (Lipinski definition) is 1. The fourth-order valence-electron chi connectivity index (χ4n) is 2.33. The molecule has 0 bridgehead atoms. The molecule has 2 heterocycles. The maximum atomic E-state index is 9.17. The van der Waals surface area contributed by atoms with Crippen molar-refractivity contribution in [3.8, 4) is 0 Å². The Morgan fingerprint density at radius 3 is 2.69 bits per heavy atom. The number of hydrogen-bond acceptors (Lipinski definition) is 3. The van der Waals surface area contributed by atoms with E-state index < -0.39 is 0 Å². The second-order valence-electron chi connectivity index (χ2n) is 4.55. The van der Waals surface area contributed by atoms with Gasteiger partial charge in [-0.25, -0.2) is 0 Å². The molecule has 1 N–H and O–H groups in total. The second-order valence-corrected chi connectivity index (χ2v) is 4.55. The van der Waals surface area contributed by atoms with E-state index in [1.165, 1.54) is 0 Å². The van der Waals surface area contributed by atoms with Gasteiger partial charge in [-0.05, 0) is 32.6 Å². The van der Waals surface area contributed by atoms with Gasteiger partial charge < -0.3 is 14.6 Å². The summed E-state index contributed by atoms with van der Waals surface area (Å²) in [5, 5.41) is 9.17. The Morgan fingerprint density at radius 2 is 2.15 bits per heavy atom. The molecular weight excluding hydrogens is 168 g/mol. The largest absolute Gasteiger partial charge is 0.393 e. The Kier molecular flexibility index (Phi) is 2.34. The summed E-state index contributed by atoms with van der Waals surface area (Å²) >= 11 is 0. The Hall–Kier alpha value is -0.120. The zero-order valence-electron chi connectivity index (χ0n) is 8.21. The van der Waals surface area contributed by atoms with Crippen molar-refractivity contribution in [1.29, 1.82) is 0 Å². The Bertz CT molecular complexity index is 187. The van der Waals surface area contributed by atoms with Crippen molar-refractivity contribution in [2.75, 3.05) is 19.8 Å². The SMILES string of the molecule is CC1(CO)CCC2(CCCOC2)O1. The standard InChI is InChI=1S/C10H18O3/c1-9(7-11)4-5-10(13-9)3-2-6-12-8-10/h11H,2-8H2,1H3. The smallest absolute Gasteiger partial charge is 0.0925 e. The van der Waals surface area contributed by atoms with Crippen LogP contribution in [0.25, 0.3) is 0 Å². The van der Waals surface area contributed by atoms with E-state index in [0.717, 1.165) is 32.3 Å². The fourth-order valence-corrected chi connectivity index (χ4v) is 2.33. The zero-order valence-corrected chi connectivity index (χ0v) is 8.21. The van der Waals surface area contributed by atoms with Crippen LogP contribution in [0.5, 0.6) is 0 Å². The van der Waals surface area contributed by atoms with E-state index in [9.17, 15) is 5.11 Å². The molecule has 3 nitrogen and oxygen atoms in total. The Morgan fingerprint density at radius 1 is 1.31 bits per heavy atom. The first kappa shape index (κ1) is 9.44. The molecule has 1 spiro atoms. The molecule has 3 heteroatoms. The quantitative estimate of drug-likeness (QED) is 0.666. The van der Waals surface area contributed by atoms with Crippen LogP contribution in [0.4, 0.5) is 0 Å². The van der Waals surface area contributed by atoms with Crippen LogP contribution in [-0.2, 0) is 9.47 Å². The van der Waals surface area contributed by atoms with Gasteiger partial charge in [0.2, 0.25) is 0 Å². The number of aliphatic hydroxyl groups is 1. The highest BCUT2D eigenvalue weighted by atomic mass is 16.6. The van der Waals surface area contributed by atoms with Crippen LogP contribution in [0.2, 0.25) is 0 Å². The van der Waals surface area contributed by atoms with E-state index in [1.807, 2.05) is 6.92 Å². The van der Waals surface area contributed by atoms with Gasteiger partial charge in [0.05, 0.1) is 24.4 Å². The predicted octanol–water partition coefficient (Wildman–Crippen LogP) is 1.10. The van der Waals surface area contributed by atoms with Crippen LogP contribution >= 0.6 is 0 Å². The van der Waals surface area contributed by atoms with Gasteiger partial charge in [0, 0.05) is 6.61 Å². The highest BCUT2D eigenvalue weighted by Gasteiger charge is 2.47. The van der Waals surface area contributed by atoms with E-state index in [0.29, 0.717) is 6.61 Å². The summed E-state index contributed by atoms with van der Waals surface area (Å²) in [5.41, 5.74) is -0.392. The molecule has 0 aromatic carbocycles. The molecule has 0 aromatic rings. The van der Waals surface area contributed by atoms with E-state index in [1.54, 1.807) is 0 Å². The molecule has 2 saturated heterocycles. The minimum atomic E-state index is -0.319. The van der Waals surface area contributed by atoms with Crippen molar-refractivity contribution >= 4 is 0 Å². The molecule has 0 aliphatic carbocycles. The topological polar surface area (TPSA) is 38.7 Å². The molecule has 2 unspecified atom stereocenters. The first-order chi connectivity index (χ1) is 6.18. The Labute approximate surface area is 79.0 Å². The van der Waals surface area contributed by atoms with Crippen molar-refractivity contribution in [1.82, 2.24) is 0 Å². The van der Waals surface area contributed by atoms with Gasteiger partial charge in [0.25, 0.3) is 0 Å². The highest BCUT2D eigenvalue weighted by Crippen LogP contribution is 2.41. The van der Waals surface area contributed by atoms with E-state index in [2.05, 4.69) is 0 Å². The maximum Gasteiger partial charge on any atom is 0.0925 e. The van der Waals surface area contributed by atoms with E-state index in [4.69, 9.17) is 9.47 Å². The lowest BCUT2D eigenvalue weighted by Crippen LogP contribution is -2.42. The zero-order chi connectivity index (χ0) is 9.36. The number of rotatable bonds is 1. The van der Waals surface area contributed by atoms with Crippen LogP contribution in [0, 0.1) is 0 Å². The van der Waals surface area contributed by atoms with Crippen molar-refractivity contribution in [2.24, 2.45) is 0 Å². The van der Waals surface area contributed by atoms with Crippen LogP contribution in [0.3, 0.4) is 0 Å². The third-order valence-electron chi connectivity index (χ3n) is 3.19. The summed E-state index contributed by atoms with van der Waals surface area (Å²) < 4.78 is 11.4. The molecule has 0 radical (unpaired) electrons. The van der Waals surface area contributed by atoms with Gasteiger partial charge in [-0.1, -0.05) is 0 Å². The third kappa shape index (κ3) is 1.73. The monoisotopic (exact) mass is 186 g/mol. The molecule has 76 valence electrons. The minimum Gasteiger partial charge on any atom is -0.393 e. The van der Waals surface area contributed by atoms with Crippen LogP contribution < -0.4 is 0 Å². The summed E-state index contributed by atoms with van der Waals surface area (Å²) in [6.07, 6.45) is 4.15. The van der Waals surface area contributed by atoms with E-state index >= 15 is 0 Å². The van der Waals surface area contributed by atoms with Crippen molar-refractivity contribution in [3.05, 3.63) is 0 Å². The average Bonchev–Trinajstić information content (AvgIpc) is 2.47. The molecular formula is C10H18O3. The maximum absolute atomic E-state index is 9.17. The van der Waals surface area contributed by atoms with Crippen LogP contribution in [-0.4, -0.2) is 36.1 Å². The minimum absolute atomic E-state index is 0.0737. The summed E-state index contributed by atoms with van der Waals surface area (Å²) in [6, 6.07) is 0. The highest BCUT2D eigenvalue weighted by molar-refractivity contribution is 4.96. The van der Waals surface area contributed by atoms with Crippen molar-refractivity contribution < 1.29 is 14.6 Å². The molecule has 2 aliphatic rings. The van der Waals surface area contributed by atoms with Crippen LogP contribution in [0.1, 0.15) is 32.6 Å². The number of ether oxygens (including phenoxy) is 2. The molecule has 2 fully saturated rings. The lowest BCUT2D eigenvalue weighted by atomic mass is 9.92. The van der Waals surface area contributed by atoms with Crippen LogP contribution in [0.15, 0.2) is 0 Å². The van der Waals surface area contributed by atoms with Crippen molar-refractivity contribution in [2.45, 2.75) is 43.8 Å². The number of aliphatic hydroxyl groups excluding tert-OH is 1. The van der Waals surface area contributed by atoms with Gasteiger partial charge in [0.1, 0.15) is 0 Å². The second kappa shape index (κ2) is 3.23. The first-order valence-corrected chi connectivity index (χ1v) is 5.07. The molecule has 2 atom stereocenters. The lowest BCUT2D eigenvalue weighted by Gasteiger charge is -2.35. The molecule has 2 aliphatic heterocycles. The fraction of sp³-hybridized carbons (Fsp3) is 1.00. The van der Waals surface area contributed by atoms with E-state index in [-0.39, 0.29) is 17.8 Å². The third-order valence-corrected chi connectivity index (χ3v) is 3.19. The molecule has 0 saturated carbocycles. The molecule has 0 amide bonds.